The van der Waals surface area contributed by atoms with Crippen LogP contribution in [0.1, 0.15) is 28.7 Å². The maximum atomic E-state index is 13.7. The van der Waals surface area contributed by atoms with Crippen LogP contribution in [0.4, 0.5) is 0 Å². The molecule has 36 heavy (non-hydrogen) atoms. The number of benzene rings is 4. The molecule has 0 spiro atoms. The van der Waals surface area contributed by atoms with E-state index in [0.29, 0.717) is 6.42 Å². The van der Waals surface area contributed by atoms with Crippen LogP contribution >= 0.6 is 22.6 Å². The van der Waals surface area contributed by atoms with Gasteiger partial charge in [-0.2, -0.15) is 0 Å². The minimum Gasteiger partial charge on any atom is -0.467 e. The zero-order chi connectivity index (χ0) is 25.4. The standard InChI is InChI=1S/C31H28INO3/c1-36-30(35)28(21-23-12-11-19-27(32)20-23)33-29(34)22-31(24-13-5-2-6-14-24,25-15-7-3-8-16-25)26-17-9-4-10-18-26/h2-20,28H,21-22H2,1H3,(H,33,34)/t28-/m1/s1. The average Bonchev–Trinajstić information content (AvgIpc) is 2.92. The third-order valence-corrected chi connectivity index (χ3v) is 7.05. The van der Waals surface area contributed by atoms with Crippen LogP contribution in [-0.4, -0.2) is 25.0 Å². The van der Waals surface area contributed by atoms with Gasteiger partial charge in [0.1, 0.15) is 6.04 Å². The smallest absolute Gasteiger partial charge is 0.328 e. The van der Waals surface area contributed by atoms with Crippen molar-refractivity contribution in [1.29, 1.82) is 0 Å². The molecule has 0 heterocycles. The summed E-state index contributed by atoms with van der Waals surface area (Å²) in [4.78, 5) is 26.4. The first-order valence-corrected chi connectivity index (χ1v) is 12.9. The quantitative estimate of drug-likeness (QED) is 0.150. The van der Waals surface area contributed by atoms with Crippen LogP contribution in [0.2, 0.25) is 0 Å². The fourth-order valence-electron chi connectivity index (χ4n) is 4.70. The number of rotatable bonds is 9. The molecule has 4 aromatic carbocycles. The van der Waals surface area contributed by atoms with E-state index < -0.39 is 17.4 Å². The van der Waals surface area contributed by atoms with Gasteiger partial charge in [-0.05, 0) is 57.0 Å². The fourth-order valence-corrected chi connectivity index (χ4v) is 5.30. The number of halogens is 1. The van der Waals surface area contributed by atoms with Crippen LogP contribution in [0.5, 0.6) is 0 Å². The van der Waals surface area contributed by atoms with Crippen molar-refractivity contribution in [3.8, 4) is 0 Å². The Kier molecular flexibility index (Phi) is 8.54. The van der Waals surface area contributed by atoms with Gasteiger partial charge in [0.05, 0.1) is 12.5 Å². The SMILES string of the molecule is COC(=O)[C@@H](Cc1cccc(I)c1)NC(=O)CC(c1ccccc1)(c1ccccc1)c1ccccc1. The second kappa shape index (κ2) is 12.0. The number of ether oxygens (including phenoxy) is 1. The van der Waals surface area contributed by atoms with E-state index >= 15 is 0 Å². The summed E-state index contributed by atoms with van der Waals surface area (Å²) in [5.74, 6) is -0.695. The fraction of sp³-hybridized carbons (Fsp3) is 0.161. The lowest BCUT2D eigenvalue weighted by Crippen LogP contribution is -2.46. The van der Waals surface area contributed by atoms with E-state index in [0.717, 1.165) is 25.8 Å². The minimum atomic E-state index is -0.791. The number of carbonyl (C=O) groups excluding carboxylic acids is 2. The lowest BCUT2D eigenvalue weighted by molar-refractivity contribution is -0.145. The van der Waals surface area contributed by atoms with Gasteiger partial charge in [-0.25, -0.2) is 4.79 Å². The summed E-state index contributed by atoms with van der Waals surface area (Å²) in [7, 11) is 1.35. The van der Waals surface area contributed by atoms with Gasteiger partial charge < -0.3 is 10.1 Å². The van der Waals surface area contributed by atoms with Gasteiger partial charge in [-0.3, -0.25) is 4.79 Å². The van der Waals surface area contributed by atoms with E-state index in [-0.39, 0.29) is 12.3 Å². The van der Waals surface area contributed by atoms with E-state index in [9.17, 15) is 9.59 Å². The summed E-state index contributed by atoms with van der Waals surface area (Å²) < 4.78 is 6.11. The Hall–Kier alpha value is -3.45. The molecule has 1 N–H and O–H groups in total. The summed E-state index contributed by atoms with van der Waals surface area (Å²) in [6.07, 6.45) is 0.481. The van der Waals surface area contributed by atoms with Crippen molar-refractivity contribution in [2.45, 2.75) is 24.3 Å². The van der Waals surface area contributed by atoms with Crippen molar-refractivity contribution < 1.29 is 14.3 Å². The van der Waals surface area contributed by atoms with E-state index in [2.05, 4.69) is 64.3 Å². The van der Waals surface area contributed by atoms with Crippen LogP contribution in [0.25, 0.3) is 0 Å². The third kappa shape index (κ3) is 5.85. The Morgan fingerprint density at radius 1 is 0.778 bits per heavy atom. The first-order valence-electron chi connectivity index (χ1n) is 11.8. The zero-order valence-corrected chi connectivity index (χ0v) is 22.2. The topological polar surface area (TPSA) is 55.4 Å². The number of amides is 1. The molecule has 1 amide bonds. The lowest BCUT2D eigenvalue weighted by Gasteiger charge is -2.36. The van der Waals surface area contributed by atoms with Crippen molar-refractivity contribution in [1.82, 2.24) is 5.32 Å². The highest BCUT2D eigenvalue weighted by Gasteiger charge is 2.39. The number of carbonyl (C=O) groups is 2. The highest BCUT2D eigenvalue weighted by Crippen LogP contribution is 2.42. The molecule has 0 radical (unpaired) electrons. The second-order valence-electron chi connectivity index (χ2n) is 8.66. The first-order chi connectivity index (χ1) is 17.5. The Bertz CT molecular complexity index is 1200. The molecule has 0 aliphatic rings. The van der Waals surface area contributed by atoms with Crippen LogP contribution in [0.3, 0.4) is 0 Å². The van der Waals surface area contributed by atoms with Gasteiger partial charge in [0.2, 0.25) is 5.91 Å². The molecule has 4 nitrogen and oxygen atoms in total. The second-order valence-corrected chi connectivity index (χ2v) is 9.90. The van der Waals surface area contributed by atoms with E-state index in [4.69, 9.17) is 4.74 Å². The Balaban J connectivity index is 1.73. The van der Waals surface area contributed by atoms with Crippen LogP contribution < -0.4 is 5.32 Å². The normalized spacial score (nSPS) is 11.9. The lowest BCUT2D eigenvalue weighted by atomic mass is 9.67. The molecule has 4 rings (SSSR count). The molecule has 1 atom stereocenters. The van der Waals surface area contributed by atoms with Crippen molar-refractivity contribution in [3.05, 3.63) is 141 Å². The van der Waals surface area contributed by atoms with Crippen LogP contribution in [-0.2, 0) is 26.2 Å². The van der Waals surface area contributed by atoms with Gasteiger partial charge in [-0.15, -0.1) is 0 Å². The molecule has 0 unspecified atom stereocenters. The van der Waals surface area contributed by atoms with Gasteiger partial charge in [0, 0.05) is 16.4 Å². The largest absolute Gasteiger partial charge is 0.467 e. The number of methoxy groups -OCH3 is 1. The molecule has 0 bridgehead atoms. The molecule has 0 saturated heterocycles. The molecule has 5 heteroatoms. The van der Waals surface area contributed by atoms with Crippen molar-refractivity contribution in [2.24, 2.45) is 0 Å². The monoisotopic (exact) mass is 589 g/mol. The number of hydrogen-bond acceptors (Lipinski definition) is 3. The minimum absolute atomic E-state index is 0.130. The van der Waals surface area contributed by atoms with Gasteiger partial charge >= 0.3 is 5.97 Å². The first kappa shape index (κ1) is 25.6. The zero-order valence-electron chi connectivity index (χ0n) is 20.1. The molecule has 4 aromatic rings. The van der Waals surface area contributed by atoms with Gasteiger partial charge in [-0.1, -0.05) is 103 Å². The molecular formula is C31H28INO3. The highest BCUT2D eigenvalue weighted by atomic mass is 127. The molecule has 0 fully saturated rings. The molecule has 182 valence electrons. The molecule has 0 aromatic heterocycles. The summed E-state index contributed by atoms with van der Waals surface area (Å²) >= 11 is 2.24. The van der Waals surface area contributed by atoms with E-state index in [1.165, 1.54) is 7.11 Å². The van der Waals surface area contributed by atoms with Gasteiger partial charge in [0.25, 0.3) is 0 Å². The Morgan fingerprint density at radius 2 is 1.28 bits per heavy atom. The Morgan fingerprint density at radius 3 is 1.72 bits per heavy atom. The maximum absolute atomic E-state index is 13.7. The van der Waals surface area contributed by atoms with Crippen molar-refractivity contribution in [2.75, 3.05) is 7.11 Å². The Labute approximate surface area is 225 Å². The average molecular weight is 589 g/mol. The van der Waals surface area contributed by atoms with Crippen LogP contribution in [0.15, 0.2) is 115 Å². The predicted octanol–water partition coefficient (Wildman–Crippen LogP) is 5.92. The number of hydrogen-bond donors (Lipinski definition) is 1. The number of esters is 1. The van der Waals surface area contributed by atoms with E-state index in [1.54, 1.807) is 0 Å². The maximum Gasteiger partial charge on any atom is 0.328 e. The molecule has 0 saturated carbocycles. The van der Waals surface area contributed by atoms with E-state index in [1.807, 2.05) is 78.9 Å². The summed E-state index contributed by atoms with van der Waals surface area (Å²) in [5.41, 5.74) is 3.23. The third-order valence-electron chi connectivity index (χ3n) is 6.38. The summed E-state index contributed by atoms with van der Waals surface area (Å²) in [6.45, 7) is 0. The summed E-state index contributed by atoms with van der Waals surface area (Å²) in [5, 5.41) is 2.98. The molecular weight excluding hydrogens is 561 g/mol. The summed E-state index contributed by atoms with van der Waals surface area (Å²) in [6, 6.07) is 37.3. The van der Waals surface area contributed by atoms with Crippen LogP contribution in [0, 0.1) is 3.57 Å². The van der Waals surface area contributed by atoms with Crippen molar-refractivity contribution >= 4 is 34.5 Å². The van der Waals surface area contributed by atoms with Gasteiger partial charge in [0.15, 0.2) is 0 Å². The highest BCUT2D eigenvalue weighted by molar-refractivity contribution is 14.1. The number of nitrogens with one attached hydrogen (secondary N) is 1. The predicted molar refractivity (Wildman–Crippen MR) is 151 cm³/mol. The molecule has 0 aliphatic heterocycles. The van der Waals surface area contributed by atoms with Crippen molar-refractivity contribution in [3.63, 3.8) is 0 Å². The molecule has 0 aliphatic carbocycles.